The average Bonchev–Trinajstić information content (AvgIpc) is 3.21. The Kier molecular flexibility index (Phi) is 37.9. The molecule has 1 aliphatic heterocycles. The molecule has 338 valence electrons. The van der Waals surface area contributed by atoms with Crippen LogP contribution in [0.1, 0.15) is 116 Å². The highest BCUT2D eigenvalue weighted by atomic mass is 16.6. The van der Waals surface area contributed by atoms with Crippen LogP contribution in [-0.4, -0.2) is 153 Å². The molecule has 0 bridgehead atoms. The summed E-state index contributed by atoms with van der Waals surface area (Å²) in [5.41, 5.74) is 0. The van der Waals surface area contributed by atoms with E-state index in [1.807, 2.05) is 0 Å². The van der Waals surface area contributed by atoms with E-state index in [9.17, 15) is 29.1 Å². The molecule has 58 heavy (non-hydrogen) atoms. The van der Waals surface area contributed by atoms with E-state index in [-0.39, 0.29) is 44.1 Å². The summed E-state index contributed by atoms with van der Waals surface area (Å²) in [7, 11) is 0. The van der Waals surface area contributed by atoms with E-state index in [1.54, 1.807) is 0 Å². The highest BCUT2D eigenvalue weighted by Crippen LogP contribution is 2.17. The quantitative estimate of drug-likeness (QED) is 0.0549. The van der Waals surface area contributed by atoms with Crippen LogP contribution in [0.3, 0.4) is 0 Å². The van der Waals surface area contributed by atoms with E-state index in [4.69, 9.17) is 37.9 Å². The Hall–Kier alpha value is -2.57. The summed E-state index contributed by atoms with van der Waals surface area (Å²) in [4.78, 5) is 61.3. The average molecular weight is 833 g/mol. The standard InChI is InChI=1S/C42H76N2O14/c45-19-15-20-51-22-24-53-26-28-55-30-32-57-34-35-58-33-31-56-29-27-54-25-23-52-21-18-43-41(48)37-36-38(42(49)50)44-40(47)17-14-12-10-8-6-4-2-1-3-5-7-9-11-13-16-39(37)46/h19,37-38H,1-18,20-36H2,(H,43,48)(H,44,47)(H,49,50)/t37?,38-/m0/s1. The van der Waals surface area contributed by atoms with Gasteiger partial charge in [0.05, 0.1) is 112 Å². The fourth-order valence-electron chi connectivity index (χ4n) is 6.13. The van der Waals surface area contributed by atoms with E-state index < -0.39 is 23.8 Å². The Bertz CT molecular complexity index is 1020. The number of hydrogen-bond donors (Lipinski definition) is 3. The number of carboxylic acid groups (broad SMARTS) is 1. The molecule has 1 unspecified atom stereocenters. The van der Waals surface area contributed by atoms with Crippen molar-refractivity contribution in [3.05, 3.63) is 0 Å². The minimum absolute atomic E-state index is 0.146. The van der Waals surface area contributed by atoms with Gasteiger partial charge in [0.25, 0.3) is 0 Å². The van der Waals surface area contributed by atoms with Gasteiger partial charge in [-0.25, -0.2) is 4.79 Å². The Morgan fingerprint density at radius 2 is 0.879 bits per heavy atom. The molecular weight excluding hydrogens is 756 g/mol. The number of aldehydes is 1. The number of rotatable bonds is 29. The maximum atomic E-state index is 13.3. The van der Waals surface area contributed by atoms with Crippen LogP contribution in [0.5, 0.6) is 0 Å². The number of nitrogens with one attached hydrogen (secondary N) is 2. The van der Waals surface area contributed by atoms with Gasteiger partial charge in [0, 0.05) is 25.8 Å². The van der Waals surface area contributed by atoms with Crippen molar-refractivity contribution in [2.24, 2.45) is 5.92 Å². The molecule has 2 atom stereocenters. The van der Waals surface area contributed by atoms with Gasteiger partial charge >= 0.3 is 5.97 Å². The molecule has 0 aromatic heterocycles. The fourth-order valence-corrected chi connectivity index (χ4v) is 6.13. The van der Waals surface area contributed by atoms with Crippen LogP contribution < -0.4 is 10.6 Å². The van der Waals surface area contributed by atoms with Crippen molar-refractivity contribution in [3.63, 3.8) is 0 Å². The molecule has 1 aliphatic rings. The smallest absolute Gasteiger partial charge is 0.326 e. The molecule has 0 aliphatic carbocycles. The van der Waals surface area contributed by atoms with Crippen LogP contribution in [0.25, 0.3) is 0 Å². The number of amides is 2. The first-order valence-corrected chi connectivity index (χ1v) is 21.8. The summed E-state index contributed by atoms with van der Waals surface area (Å²) >= 11 is 0. The predicted octanol–water partition coefficient (Wildman–Crippen LogP) is 4.22. The molecule has 0 radical (unpaired) electrons. The molecular formula is C42H76N2O14. The molecule has 1 fully saturated rings. The van der Waals surface area contributed by atoms with Crippen LogP contribution >= 0.6 is 0 Å². The van der Waals surface area contributed by atoms with E-state index in [2.05, 4.69) is 10.6 Å². The van der Waals surface area contributed by atoms with Crippen molar-refractivity contribution in [2.45, 2.75) is 122 Å². The molecule has 0 spiro atoms. The Morgan fingerprint density at radius 1 is 0.534 bits per heavy atom. The third kappa shape index (κ3) is 34.3. The Morgan fingerprint density at radius 3 is 1.26 bits per heavy atom. The summed E-state index contributed by atoms with van der Waals surface area (Å²) in [6, 6.07) is -1.33. The van der Waals surface area contributed by atoms with Gasteiger partial charge in [-0.1, -0.05) is 77.0 Å². The number of carboxylic acids is 1. The van der Waals surface area contributed by atoms with Gasteiger partial charge in [-0.2, -0.15) is 0 Å². The minimum Gasteiger partial charge on any atom is -0.480 e. The molecule has 0 saturated carbocycles. The highest BCUT2D eigenvalue weighted by molar-refractivity contribution is 6.02. The van der Waals surface area contributed by atoms with Crippen molar-refractivity contribution in [1.82, 2.24) is 10.6 Å². The van der Waals surface area contributed by atoms with Crippen molar-refractivity contribution < 1.29 is 67.0 Å². The van der Waals surface area contributed by atoms with Crippen LogP contribution in [0, 0.1) is 5.92 Å². The largest absolute Gasteiger partial charge is 0.480 e. The Labute approximate surface area is 346 Å². The molecule has 1 heterocycles. The first-order valence-electron chi connectivity index (χ1n) is 21.8. The lowest BCUT2D eigenvalue weighted by Gasteiger charge is -2.21. The number of Topliss-reactive ketones (excluding diaryl/α,β-unsaturated/α-hetero) is 1. The third-order valence-corrected chi connectivity index (χ3v) is 9.42. The second kappa shape index (κ2) is 41.2. The van der Waals surface area contributed by atoms with Crippen LogP contribution in [0.15, 0.2) is 0 Å². The summed E-state index contributed by atoms with van der Waals surface area (Å²) in [5, 5.41) is 15.1. The number of carbonyl (C=O) groups excluding carboxylic acids is 4. The lowest BCUT2D eigenvalue weighted by atomic mass is 9.91. The molecule has 16 nitrogen and oxygen atoms in total. The Balaban J connectivity index is 2.17. The second-order valence-corrected chi connectivity index (χ2v) is 14.3. The van der Waals surface area contributed by atoms with Crippen LogP contribution in [-0.2, 0) is 61.9 Å². The molecule has 1 rings (SSSR count). The lowest BCUT2D eigenvalue weighted by Crippen LogP contribution is -2.46. The highest BCUT2D eigenvalue weighted by Gasteiger charge is 2.32. The summed E-state index contributed by atoms with van der Waals surface area (Å²) in [6.07, 6.45) is 16.2. The van der Waals surface area contributed by atoms with Crippen LogP contribution in [0.4, 0.5) is 0 Å². The van der Waals surface area contributed by atoms with Gasteiger partial charge in [0.2, 0.25) is 11.8 Å². The SMILES string of the molecule is O=CCCOCCOCCOCCOCCOCCOCCOCCOCCNC(=O)C1C[C@@H](C(=O)O)NC(=O)CCCCCCCCCCCCCCCCC1=O. The van der Waals surface area contributed by atoms with Crippen LogP contribution in [0.2, 0.25) is 0 Å². The number of aliphatic carboxylic acids is 1. The fraction of sp³-hybridized carbons (Fsp3) is 0.881. The normalized spacial score (nSPS) is 18.8. The zero-order chi connectivity index (χ0) is 42.0. The van der Waals surface area contributed by atoms with Gasteiger partial charge in [-0.3, -0.25) is 14.4 Å². The third-order valence-electron chi connectivity index (χ3n) is 9.42. The van der Waals surface area contributed by atoms with Crippen molar-refractivity contribution in [1.29, 1.82) is 0 Å². The second-order valence-electron chi connectivity index (χ2n) is 14.3. The maximum Gasteiger partial charge on any atom is 0.326 e. The maximum absolute atomic E-state index is 13.3. The van der Waals surface area contributed by atoms with Crippen molar-refractivity contribution in [2.75, 3.05) is 112 Å². The minimum atomic E-state index is -1.33. The van der Waals surface area contributed by atoms with Gasteiger partial charge in [-0.05, 0) is 19.3 Å². The number of ketones is 1. The predicted molar refractivity (Wildman–Crippen MR) is 217 cm³/mol. The number of carbonyl (C=O) groups is 5. The lowest BCUT2D eigenvalue weighted by molar-refractivity contribution is -0.143. The monoisotopic (exact) mass is 833 g/mol. The van der Waals surface area contributed by atoms with Gasteiger partial charge in [-0.15, -0.1) is 0 Å². The van der Waals surface area contributed by atoms with E-state index in [0.29, 0.717) is 118 Å². The van der Waals surface area contributed by atoms with Crippen molar-refractivity contribution in [3.8, 4) is 0 Å². The summed E-state index contributed by atoms with van der Waals surface area (Å²) < 4.78 is 43.5. The number of ether oxygens (including phenoxy) is 8. The first kappa shape index (κ1) is 53.4. The van der Waals surface area contributed by atoms with E-state index >= 15 is 0 Å². The molecule has 0 aromatic carbocycles. The molecule has 2 amide bonds. The van der Waals surface area contributed by atoms with E-state index in [0.717, 1.165) is 44.8 Å². The van der Waals surface area contributed by atoms with Gasteiger partial charge < -0.3 is 58.4 Å². The van der Waals surface area contributed by atoms with E-state index in [1.165, 1.54) is 38.5 Å². The molecule has 3 N–H and O–H groups in total. The molecule has 16 heteroatoms. The van der Waals surface area contributed by atoms with Gasteiger partial charge in [0.15, 0.2) is 0 Å². The molecule has 1 saturated heterocycles. The number of hydrogen-bond acceptors (Lipinski definition) is 13. The molecule has 0 aromatic rings. The summed E-state index contributed by atoms with van der Waals surface area (Å²) in [6.45, 7) is 6.71. The van der Waals surface area contributed by atoms with Gasteiger partial charge in [0.1, 0.15) is 18.1 Å². The van der Waals surface area contributed by atoms with Crippen molar-refractivity contribution >= 4 is 29.9 Å². The zero-order valence-corrected chi connectivity index (χ0v) is 35.2. The zero-order valence-electron chi connectivity index (χ0n) is 35.2. The topological polar surface area (TPSA) is 203 Å². The first-order chi connectivity index (χ1) is 28.5. The summed E-state index contributed by atoms with van der Waals surface area (Å²) in [5.74, 6) is -3.67.